The minimum absolute atomic E-state index is 0.00681. The SMILES string of the molecule is CN(C)CC[C@H]1C(=O)N(Cc2ccccc2)CC2N(C(=O)NCc3cc(C(F)(F)F)cc(C(F)(F)F)c3)CCC(=O)N21. The first kappa shape index (κ1) is 31.1. The molecule has 2 saturated heterocycles. The summed E-state index contributed by atoms with van der Waals surface area (Å²) in [5, 5.41) is 2.42. The van der Waals surface area contributed by atoms with Crippen LogP contribution in [0.5, 0.6) is 0 Å². The Morgan fingerprint density at radius 2 is 1.57 bits per heavy atom. The van der Waals surface area contributed by atoms with Gasteiger partial charge in [0.1, 0.15) is 12.2 Å². The molecule has 2 atom stereocenters. The third-order valence-electron chi connectivity index (χ3n) is 7.27. The summed E-state index contributed by atoms with van der Waals surface area (Å²) >= 11 is 0. The van der Waals surface area contributed by atoms with Gasteiger partial charge in [0.05, 0.1) is 17.7 Å². The van der Waals surface area contributed by atoms with Crippen LogP contribution in [0, 0.1) is 0 Å². The van der Waals surface area contributed by atoms with Crippen molar-refractivity contribution in [2.45, 2.75) is 50.5 Å². The van der Waals surface area contributed by atoms with Crippen molar-refractivity contribution in [2.75, 3.05) is 33.7 Å². The molecule has 0 aliphatic carbocycles. The Morgan fingerprint density at radius 1 is 0.952 bits per heavy atom. The highest BCUT2D eigenvalue weighted by molar-refractivity contribution is 5.91. The number of nitrogens with one attached hydrogen (secondary N) is 1. The van der Waals surface area contributed by atoms with Crippen molar-refractivity contribution >= 4 is 17.8 Å². The molecule has 14 heteroatoms. The second-order valence-corrected chi connectivity index (χ2v) is 10.6. The van der Waals surface area contributed by atoms with Crippen LogP contribution >= 0.6 is 0 Å². The van der Waals surface area contributed by atoms with Gasteiger partial charge >= 0.3 is 18.4 Å². The van der Waals surface area contributed by atoms with Crippen molar-refractivity contribution in [1.82, 2.24) is 24.9 Å². The Morgan fingerprint density at radius 3 is 2.14 bits per heavy atom. The zero-order chi connectivity index (χ0) is 30.8. The number of rotatable bonds is 7. The van der Waals surface area contributed by atoms with Gasteiger partial charge in [-0.2, -0.15) is 26.3 Å². The fraction of sp³-hybridized carbons (Fsp3) is 0.464. The first-order valence-electron chi connectivity index (χ1n) is 13.3. The molecule has 0 saturated carbocycles. The smallest absolute Gasteiger partial charge is 0.334 e. The molecule has 8 nitrogen and oxygen atoms in total. The number of benzene rings is 2. The predicted octanol–water partition coefficient (Wildman–Crippen LogP) is 4.16. The highest BCUT2D eigenvalue weighted by atomic mass is 19.4. The number of carbonyl (C=O) groups is 3. The number of halogens is 6. The molecule has 2 aromatic carbocycles. The van der Waals surface area contributed by atoms with Crippen molar-refractivity contribution in [2.24, 2.45) is 0 Å². The summed E-state index contributed by atoms with van der Waals surface area (Å²) < 4.78 is 79.7. The fourth-order valence-corrected chi connectivity index (χ4v) is 5.22. The maximum atomic E-state index is 13.6. The molecule has 4 rings (SSSR count). The third-order valence-corrected chi connectivity index (χ3v) is 7.27. The predicted molar refractivity (Wildman–Crippen MR) is 139 cm³/mol. The largest absolute Gasteiger partial charge is 0.416 e. The Balaban J connectivity index is 1.58. The lowest BCUT2D eigenvalue weighted by Crippen LogP contribution is -2.72. The van der Waals surface area contributed by atoms with E-state index in [0.29, 0.717) is 25.1 Å². The average molecular weight is 600 g/mol. The zero-order valence-electron chi connectivity index (χ0n) is 23.0. The van der Waals surface area contributed by atoms with Gasteiger partial charge in [-0.1, -0.05) is 30.3 Å². The number of fused-ring (bicyclic) bond motifs is 1. The van der Waals surface area contributed by atoms with E-state index in [1.54, 1.807) is 4.90 Å². The van der Waals surface area contributed by atoms with Crippen LogP contribution in [0.4, 0.5) is 31.1 Å². The molecule has 1 N–H and O–H groups in total. The van der Waals surface area contributed by atoms with Gasteiger partial charge < -0.3 is 24.9 Å². The first-order valence-corrected chi connectivity index (χ1v) is 13.3. The number of nitrogens with zero attached hydrogens (tertiary/aromatic N) is 4. The lowest BCUT2D eigenvalue weighted by atomic mass is 10.0. The Kier molecular flexibility index (Phi) is 9.04. The number of amides is 4. The molecule has 0 spiro atoms. The monoisotopic (exact) mass is 599 g/mol. The van der Waals surface area contributed by atoms with Gasteiger partial charge in [-0.25, -0.2) is 4.79 Å². The molecule has 1 unspecified atom stereocenters. The van der Waals surface area contributed by atoms with E-state index in [1.165, 1.54) is 9.80 Å². The zero-order valence-corrected chi connectivity index (χ0v) is 23.0. The summed E-state index contributed by atoms with van der Waals surface area (Å²) in [7, 11) is 3.64. The van der Waals surface area contributed by atoms with Crippen LogP contribution in [0.1, 0.15) is 35.1 Å². The molecule has 4 amide bonds. The van der Waals surface area contributed by atoms with Gasteiger partial charge in [0, 0.05) is 26.1 Å². The summed E-state index contributed by atoms with van der Waals surface area (Å²) in [5.41, 5.74) is -2.51. The molecule has 2 aliphatic heterocycles. The molecular formula is C28H31F6N5O3. The minimum atomic E-state index is -5.02. The normalized spacial score (nSPS) is 19.8. The third kappa shape index (κ3) is 7.15. The van der Waals surface area contributed by atoms with Crippen LogP contribution in [0.15, 0.2) is 48.5 Å². The summed E-state index contributed by atoms with van der Waals surface area (Å²) in [6, 6.07) is 8.66. The van der Waals surface area contributed by atoms with Gasteiger partial charge in [-0.05, 0) is 56.4 Å². The Labute approximate surface area is 238 Å². The van der Waals surface area contributed by atoms with E-state index in [1.807, 2.05) is 49.3 Å². The maximum absolute atomic E-state index is 13.6. The molecule has 0 aromatic heterocycles. The van der Waals surface area contributed by atoms with Crippen molar-refractivity contribution in [3.8, 4) is 0 Å². The van der Waals surface area contributed by atoms with Crippen LogP contribution in [-0.2, 0) is 35.0 Å². The van der Waals surface area contributed by atoms with Crippen molar-refractivity contribution in [3.63, 3.8) is 0 Å². The maximum Gasteiger partial charge on any atom is 0.416 e. The molecule has 228 valence electrons. The lowest BCUT2D eigenvalue weighted by molar-refractivity contribution is -0.167. The van der Waals surface area contributed by atoms with E-state index in [-0.39, 0.29) is 49.5 Å². The molecule has 2 fully saturated rings. The van der Waals surface area contributed by atoms with Gasteiger partial charge in [-0.15, -0.1) is 0 Å². The standard InChI is InChI=1S/C28H31F6N5O3/c1-36(2)10-8-22-25(41)37(16-18-6-4-3-5-7-18)17-23-38(11-9-24(40)39(22)23)26(42)35-15-19-12-20(27(29,30)31)14-21(13-19)28(32,33)34/h3-7,12-14,22-23H,8-11,15-17H2,1-2H3,(H,35,42)/t22-,23?/m0/s1. The molecular weight excluding hydrogens is 568 g/mol. The van der Waals surface area contributed by atoms with Gasteiger partial charge in [0.25, 0.3) is 0 Å². The fourth-order valence-electron chi connectivity index (χ4n) is 5.22. The van der Waals surface area contributed by atoms with Crippen molar-refractivity contribution in [3.05, 3.63) is 70.8 Å². The highest BCUT2D eigenvalue weighted by Crippen LogP contribution is 2.36. The average Bonchev–Trinajstić information content (AvgIpc) is 2.91. The number of urea groups is 1. The summed E-state index contributed by atoms with van der Waals surface area (Å²) in [6.45, 7) is 0.0643. The lowest BCUT2D eigenvalue weighted by Gasteiger charge is -2.52. The Hall–Kier alpha value is -3.81. The molecule has 2 aromatic rings. The number of carbonyl (C=O) groups excluding carboxylic acids is 3. The summed E-state index contributed by atoms with van der Waals surface area (Å²) in [5.74, 6) is -0.579. The second kappa shape index (κ2) is 12.2. The molecule has 0 bridgehead atoms. The molecule has 0 radical (unpaired) electrons. The first-order chi connectivity index (χ1) is 19.6. The second-order valence-electron chi connectivity index (χ2n) is 10.6. The number of hydrogen-bond acceptors (Lipinski definition) is 4. The van der Waals surface area contributed by atoms with E-state index < -0.39 is 48.3 Å². The van der Waals surface area contributed by atoms with E-state index in [0.717, 1.165) is 5.56 Å². The molecule has 2 heterocycles. The molecule has 42 heavy (non-hydrogen) atoms. The quantitative estimate of drug-likeness (QED) is 0.486. The summed E-state index contributed by atoms with van der Waals surface area (Å²) in [4.78, 5) is 46.1. The topological polar surface area (TPSA) is 76.2 Å². The van der Waals surface area contributed by atoms with Crippen molar-refractivity contribution < 1.29 is 40.7 Å². The van der Waals surface area contributed by atoms with Gasteiger partial charge in [0.2, 0.25) is 11.8 Å². The number of alkyl halides is 6. The van der Waals surface area contributed by atoms with Crippen LogP contribution in [0.2, 0.25) is 0 Å². The van der Waals surface area contributed by atoms with E-state index in [2.05, 4.69) is 5.32 Å². The van der Waals surface area contributed by atoms with E-state index in [4.69, 9.17) is 0 Å². The minimum Gasteiger partial charge on any atom is -0.334 e. The summed E-state index contributed by atoms with van der Waals surface area (Å²) in [6.07, 6.45) is -10.7. The number of hydrogen-bond donors (Lipinski definition) is 1. The van der Waals surface area contributed by atoms with E-state index in [9.17, 15) is 40.7 Å². The van der Waals surface area contributed by atoms with Crippen LogP contribution in [0.3, 0.4) is 0 Å². The van der Waals surface area contributed by atoms with E-state index >= 15 is 0 Å². The van der Waals surface area contributed by atoms with Crippen LogP contribution in [0.25, 0.3) is 0 Å². The Bertz CT molecular complexity index is 1270. The van der Waals surface area contributed by atoms with Gasteiger partial charge in [-0.3, -0.25) is 9.59 Å². The van der Waals surface area contributed by atoms with Crippen LogP contribution in [-0.4, -0.2) is 83.4 Å². The molecule has 2 aliphatic rings. The number of piperazine rings is 1. The highest BCUT2D eigenvalue weighted by Gasteiger charge is 2.48. The van der Waals surface area contributed by atoms with Crippen LogP contribution < -0.4 is 5.32 Å². The van der Waals surface area contributed by atoms with Gasteiger partial charge in [0.15, 0.2) is 0 Å². The van der Waals surface area contributed by atoms with Crippen molar-refractivity contribution in [1.29, 1.82) is 0 Å².